The quantitative estimate of drug-likeness (QED) is 0.169. The standard InChI is InChI=1S/C47H30N6O/c48-44-40(53-52-36-11-5-2-6-12-36)25-22-31-17-20-33-27-34(21-24-37(33)43(31)44)46-49-45(32-18-15-30(16-19-32)29-9-3-1-4-10-29)50-47(51-46)35-23-26-42-39(28-35)38-13-7-8-14-41(38)54-42/h1-28,48,52H/b48-44?,53-40-. The van der Waals surface area contributed by atoms with Crippen LogP contribution in [0.3, 0.4) is 0 Å². The molecule has 9 aromatic rings. The Labute approximate surface area is 310 Å². The zero-order valence-electron chi connectivity index (χ0n) is 28.9. The van der Waals surface area contributed by atoms with E-state index in [0.717, 1.165) is 77.3 Å². The average Bonchev–Trinajstić information content (AvgIpc) is 3.62. The minimum Gasteiger partial charge on any atom is -0.456 e. The highest BCUT2D eigenvalue weighted by Gasteiger charge is 2.20. The van der Waals surface area contributed by atoms with Crippen molar-refractivity contribution in [2.75, 3.05) is 5.43 Å². The van der Waals surface area contributed by atoms with Gasteiger partial charge in [0.25, 0.3) is 0 Å². The summed E-state index contributed by atoms with van der Waals surface area (Å²) in [5.74, 6) is 1.71. The van der Waals surface area contributed by atoms with E-state index >= 15 is 0 Å². The van der Waals surface area contributed by atoms with Gasteiger partial charge in [0.05, 0.1) is 11.4 Å². The molecular formula is C47H30N6O. The Hall–Kier alpha value is -7.51. The van der Waals surface area contributed by atoms with Crippen LogP contribution in [0, 0.1) is 5.41 Å². The summed E-state index contributed by atoms with van der Waals surface area (Å²) in [5, 5.41) is 17.7. The van der Waals surface area contributed by atoms with Gasteiger partial charge in [-0.1, -0.05) is 121 Å². The van der Waals surface area contributed by atoms with Crippen LogP contribution in [0.15, 0.2) is 173 Å². The van der Waals surface area contributed by atoms with E-state index in [-0.39, 0.29) is 0 Å². The van der Waals surface area contributed by atoms with Crippen LogP contribution in [-0.2, 0) is 0 Å². The molecule has 54 heavy (non-hydrogen) atoms. The van der Waals surface area contributed by atoms with Gasteiger partial charge in [-0.3, -0.25) is 10.8 Å². The second-order valence-electron chi connectivity index (χ2n) is 13.2. The fraction of sp³-hybridized carbons (Fsp3) is 0. The van der Waals surface area contributed by atoms with Crippen LogP contribution in [0.25, 0.3) is 84.1 Å². The van der Waals surface area contributed by atoms with E-state index in [4.69, 9.17) is 24.8 Å². The fourth-order valence-corrected chi connectivity index (χ4v) is 7.09. The normalized spacial score (nSPS) is 13.2. The van der Waals surface area contributed by atoms with E-state index in [0.29, 0.717) is 28.9 Å². The maximum atomic E-state index is 9.14. The molecular weight excluding hydrogens is 665 g/mol. The lowest BCUT2D eigenvalue weighted by Gasteiger charge is -2.17. The Morgan fingerprint density at radius 2 is 1.09 bits per heavy atom. The van der Waals surface area contributed by atoms with E-state index in [2.05, 4.69) is 83.3 Å². The van der Waals surface area contributed by atoms with Crippen molar-refractivity contribution < 1.29 is 4.42 Å². The van der Waals surface area contributed by atoms with Gasteiger partial charge in [0.2, 0.25) is 0 Å². The first-order valence-electron chi connectivity index (χ1n) is 17.7. The number of hydrogen-bond acceptors (Lipinski definition) is 7. The number of nitrogens with one attached hydrogen (secondary N) is 2. The molecule has 0 atom stereocenters. The lowest BCUT2D eigenvalue weighted by Crippen LogP contribution is -2.18. The molecule has 0 saturated heterocycles. The molecule has 2 aromatic heterocycles. The first-order valence-corrected chi connectivity index (χ1v) is 17.7. The van der Waals surface area contributed by atoms with Gasteiger partial charge in [0.1, 0.15) is 16.9 Å². The van der Waals surface area contributed by atoms with Gasteiger partial charge >= 0.3 is 0 Å². The molecule has 0 bridgehead atoms. The molecule has 1 aliphatic carbocycles. The predicted molar refractivity (Wildman–Crippen MR) is 220 cm³/mol. The molecule has 7 aromatic carbocycles. The van der Waals surface area contributed by atoms with Crippen LogP contribution >= 0.6 is 0 Å². The monoisotopic (exact) mass is 694 g/mol. The van der Waals surface area contributed by atoms with E-state index in [1.54, 1.807) is 0 Å². The molecule has 10 rings (SSSR count). The summed E-state index contributed by atoms with van der Waals surface area (Å²) < 4.78 is 6.12. The lowest BCUT2D eigenvalue weighted by molar-refractivity contribution is 0.669. The van der Waals surface area contributed by atoms with Gasteiger partial charge < -0.3 is 4.42 Å². The molecule has 2 heterocycles. The highest BCUT2D eigenvalue weighted by atomic mass is 16.3. The number of hydrogen-bond donors (Lipinski definition) is 2. The van der Waals surface area contributed by atoms with Crippen LogP contribution in [-0.4, -0.2) is 26.4 Å². The summed E-state index contributed by atoms with van der Waals surface area (Å²) in [6.07, 6.45) is 3.89. The second-order valence-corrected chi connectivity index (χ2v) is 13.2. The summed E-state index contributed by atoms with van der Waals surface area (Å²) in [4.78, 5) is 15.2. The first-order chi connectivity index (χ1) is 26.6. The van der Waals surface area contributed by atoms with Crippen molar-refractivity contribution in [2.45, 2.75) is 0 Å². The third-order valence-corrected chi connectivity index (χ3v) is 9.84. The Morgan fingerprint density at radius 1 is 0.481 bits per heavy atom. The molecule has 2 N–H and O–H groups in total. The molecule has 0 amide bonds. The Morgan fingerprint density at radius 3 is 1.89 bits per heavy atom. The van der Waals surface area contributed by atoms with E-state index in [1.807, 2.05) is 97.1 Å². The Bertz CT molecular complexity index is 2970. The van der Waals surface area contributed by atoms with Crippen LogP contribution in [0.2, 0.25) is 0 Å². The number of benzene rings is 7. The lowest BCUT2D eigenvalue weighted by atomic mass is 9.89. The predicted octanol–water partition coefficient (Wildman–Crippen LogP) is 11.5. The van der Waals surface area contributed by atoms with Crippen molar-refractivity contribution in [2.24, 2.45) is 5.10 Å². The minimum atomic E-state index is 0.361. The van der Waals surface area contributed by atoms with E-state index in [1.165, 1.54) is 0 Å². The highest BCUT2D eigenvalue weighted by Crippen LogP contribution is 2.35. The molecule has 1 aliphatic rings. The topological polar surface area (TPSA) is 100 Å². The Balaban J connectivity index is 1.07. The maximum absolute atomic E-state index is 9.14. The van der Waals surface area contributed by atoms with Crippen molar-refractivity contribution in [3.63, 3.8) is 0 Å². The third kappa shape index (κ3) is 5.61. The smallest absolute Gasteiger partial charge is 0.164 e. The first kappa shape index (κ1) is 31.2. The summed E-state index contributed by atoms with van der Waals surface area (Å²) in [5.41, 5.74) is 13.2. The highest BCUT2D eigenvalue weighted by molar-refractivity contribution is 6.55. The molecule has 0 aliphatic heterocycles. The molecule has 0 saturated carbocycles. The molecule has 0 fully saturated rings. The average molecular weight is 695 g/mol. The minimum absolute atomic E-state index is 0.361. The number of nitrogens with zero attached hydrogens (tertiary/aromatic N) is 4. The van der Waals surface area contributed by atoms with Gasteiger partial charge in [0.15, 0.2) is 17.5 Å². The summed E-state index contributed by atoms with van der Waals surface area (Å²) in [6.45, 7) is 0. The SMILES string of the molecule is N=C1/C(=N\Nc2ccccc2)C=Cc2ccc3cc(-c4nc(-c5ccc(-c6ccccc6)cc5)nc(-c5ccc6oc7ccccc7c6c5)n4)ccc3c21. The van der Waals surface area contributed by atoms with Gasteiger partial charge in [-0.15, -0.1) is 0 Å². The molecule has 0 unspecified atom stereocenters. The van der Waals surface area contributed by atoms with Crippen LogP contribution in [0.1, 0.15) is 11.1 Å². The number of hydrazone groups is 1. The van der Waals surface area contributed by atoms with Crippen molar-refractivity contribution in [1.29, 1.82) is 5.41 Å². The number of rotatable bonds is 6. The maximum Gasteiger partial charge on any atom is 0.164 e. The molecule has 254 valence electrons. The van der Waals surface area contributed by atoms with Gasteiger partial charge in [0, 0.05) is 33.0 Å². The molecule has 0 radical (unpaired) electrons. The number of allylic oxidation sites excluding steroid dienone is 1. The van der Waals surface area contributed by atoms with Crippen molar-refractivity contribution in [3.05, 3.63) is 175 Å². The largest absolute Gasteiger partial charge is 0.456 e. The van der Waals surface area contributed by atoms with Crippen molar-refractivity contribution >= 4 is 55.9 Å². The van der Waals surface area contributed by atoms with Crippen LogP contribution in [0.5, 0.6) is 0 Å². The van der Waals surface area contributed by atoms with Crippen molar-refractivity contribution in [1.82, 2.24) is 15.0 Å². The van der Waals surface area contributed by atoms with Crippen LogP contribution in [0.4, 0.5) is 5.69 Å². The van der Waals surface area contributed by atoms with Crippen molar-refractivity contribution in [3.8, 4) is 45.3 Å². The van der Waals surface area contributed by atoms with Gasteiger partial charge in [-0.05, 0) is 76.0 Å². The molecule has 0 spiro atoms. The fourth-order valence-electron chi connectivity index (χ4n) is 7.09. The Kier molecular flexibility index (Phi) is 7.47. The molecule has 7 heteroatoms. The summed E-state index contributed by atoms with van der Waals surface area (Å²) >= 11 is 0. The number of fused-ring (bicyclic) bond motifs is 6. The number of aromatic nitrogens is 3. The van der Waals surface area contributed by atoms with Gasteiger partial charge in [-0.25, -0.2) is 15.0 Å². The second kappa shape index (κ2) is 12.9. The number of furan rings is 1. The van der Waals surface area contributed by atoms with Gasteiger partial charge in [-0.2, -0.15) is 5.10 Å². The molecule has 7 nitrogen and oxygen atoms in total. The summed E-state index contributed by atoms with van der Waals surface area (Å²) in [7, 11) is 0. The van der Waals surface area contributed by atoms with E-state index in [9.17, 15) is 0 Å². The number of anilines is 1. The zero-order chi connectivity index (χ0) is 36.0. The zero-order valence-corrected chi connectivity index (χ0v) is 28.9. The van der Waals surface area contributed by atoms with Crippen LogP contribution < -0.4 is 5.43 Å². The summed E-state index contributed by atoms with van der Waals surface area (Å²) in [6, 6.07) is 52.9. The number of para-hydroxylation sites is 2. The third-order valence-electron chi connectivity index (χ3n) is 9.84. The van der Waals surface area contributed by atoms with E-state index < -0.39 is 0 Å².